The molecule has 0 aliphatic carbocycles. The number of hydrogen-bond acceptors (Lipinski definition) is 9. The van der Waals surface area contributed by atoms with Crippen LogP contribution in [0.3, 0.4) is 0 Å². The molecule has 0 aromatic carbocycles. The number of furan rings is 1. The molecule has 22 heavy (non-hydrogen) atoms. The van der Waals surface area contributed by atoms with Gasteiger partial charge in [0.2, 0.25) is 11.6 Å². The Morgan fingerprint density at radius 2 is 2.36 bits per heavy atom. The minimum Gasteiger partial charge on any atom is -0.463 e. The zero-order chi connectivity index (χ0) is 15.5. The first kappa shape index (κ1) is 13.5. The van der Waals surface area contributed by atoms with E-state index < -0.39 is 5.91 Å². The molecule has 0 spiro atoms. The summed E-state index contributed by atoms with van der Waals surface area (Å²) in [5.74, 6) is 0.0000995. The monoisotopic (exact) mass is 302 g/mol. The van der Waals surface area contributed by atoms with Crippen molar-refractivity contribution in [3.8, 4) is 5.82 Å². The molecule has 0 saturated carbocycles. The summed E-state index contributed by atoms with van der Waals surface area (Å²) < 4.78 is 10.7. The standard InChI is InChI=1S/C11H10N8O3/c1-6-8(11(20)15-13-5-7-3-2-4-21-7)19(18-14-6)10-9(12)16-22-17-10/h2-5H,1H3,(H2,12,16)(H,15,20)/b13-5+. The van der Waals surface area contributed by atoms with Gasteiger partial charge in [-0.25, -0.2) is 10.1 Å². The van der Waals surface area contributed by atoms with Gasteiger partial charge in [0, 0.05) is 0 Å². The number of anilines is 1. The van der Waals surface area contributed by atoms with E-state index >= 15 is 0 Å². The second kappa shape index (κ2) is 5.47. The Hall–Kier alpha value is -3.50. The summed E-state index contributed by atoms with van der Waals surface area (Å²) in [5, 5.41) is 18.4. The summed E-state index contributed by atoms with van der Waals surface area (Å²) in [6, 6.07) is 3.39. The number of hydrogen-bond donors (Lipinski definition) is 2. The molecular weight excluding hydrogens is 292 g/mol. The Morgan fingerprint density at radius 3 is 3.05 bits per heavy atom. The quantitative estimate of drug-likeness (QED) is 0.500. The first-order chi connectivity index (χ1) is 10.7. The highest BCUT2D eigenvalue weighted by atomic mass is 16.6. The molecule has 0 bridgehead atoms. The van der Waals surface area contributed by atoms with Crippen molar-refractivity contribution in [2.24, 2.45) is 5.10 Å². The number of aryl methyl sites for hydroxylation is 1. The van der Waals surface area contributed by atoms with E-state index in [0.717, 1.165) is 4.68 Å². The van der Waals surface area contributed by atoms with E-state index in [1.165, 1.54) is 12.5 Å². The first-order valence-corrected chi connectivity index (χ1v) is 6.04. The number of nitrogens with two attached hydrogens (primary N) is 1. The van der Waals surface area contributed by atoms with Crippen molar-refractivity contribution in [2.45, 2.75) is 6.92 Å². The molecule has 3 aromatic heterocycles. The van der Waals surface area contributed by atoms with Crippen molar-refractivity contribution in [3.05, 3.63) is 35.5 Å². The summed E-state index contributed by atoms with van der Waals surface area (Å²) in [5.41, 5.74) is 8.40. The lowest BCUT2D eigenvalue weighted by atomic mass is 10.3. The van der Waals surface area contributed by atoms with Crippen LogP contribution in [0.2, 0.25) is 0 Å². The normalized spacial score (nSPS) is 11.1. The predicted molar refractivity (Wildman–Crippen MR) is 72.1 cm³/mol. The van der Waals surface area contributed by atoms with E-state index in [1.54, 1.807) is 19.1 Å². The molecule has 0 fully saturated rings. The Bertz CT molecular complexity index is 816. The zero-order valence-corrected chi connectivity index (χ0v) is 11.3. The molecule has 3 aromatic rings. The van der Waals surface area contributed by atoms with Crippen LogP contribution >= 0.6 is 0 Å². The Kier molecular flexibility index (Phi) is 3.35. The van der Waals surface area contributed by atoms with Gasteiger partial charge in [-0.1, -0.05) is 5.21 Å². The van der Waals surface area contributed by atoms with Gasteiger partial charge in [-0.15, -0.1) is 5.10 Å². The van der Waals surface area contributed by atoms with E-state index in [9.17, 15) is 4.79 Å². The highest BCUT2D eigenvalue weighted by Crippen LogP contribution is 2.14. The van der Waals surface area contributed by atoms with Gasteiger partial charge in [-0.2, -0.15) is 9.78 Å². The number of hydrazone groups is 1. The Morgan fingerprint density at radius 1 is 1.50 bits per heavy atom. The summed E-state index contributed by atoms with van der Waals surface area (Å²) in [6.07, 6.45) is 2.85. The molecule has 0 saturated heterocycles. The van der Waals surface area contributed by atoms with E-state index in [4.69, 9.17) is 10.2 Å². The average molecular weight is 302 g/mol. The molecule has 0 aliphatic rings. The summed E-state index contributed by atoms with van der Waals surface area (Å²) in [4.78, 5) is 12.2. The third kappa shape index (κ3) is 2.42. The molecular formula is C11H10N8O3. The van der Waals surface area contributed by atoms with Crippen molar-refractivity contribution in [3.63, 3.8) is 0 Å². The van der Waals surface area contributed by atoms with Gasteiger partial charge < -0.3 is 10.2 Å². The van der Waals surface area contributed by atoms with Gasteiger partial charge in [0.1, 0.15) is 5.76 Å². The largest absolute Gasteiger partial charge is 0.463 e. The second-order valence-electron chi connectivity index (χ2n) is 4.12. The van der Waals surface area contributed by atoms with Crippen LogP contribution in [-0.4, -0.2) is 37.4 Å². The lowest BCUT2D eigenvalue weighted by Gasteiger charge is -2.02. The SMILES string of the molecule is Cc1nnn(-c2nonc2N)c1C(=O)N/N=C/c1ccco1. The van der Waals surface area contributed by atoms with Crippen molar-refractivity contribution in [1.82, 2.24) is 30.7 Å². The maximum Gasteiger partial charge on any atom is 0.292 e. The van der Waals surface area contributed by atoms with Gasteiger partial charge in [0.05, 0.1) is 18.2 Å². The van der Waals surface area contributed by atoms with Crippen molar-refractivity contribution in [1.29, 1.82) is 0 Å². The van der Waals surface area contributed by atoms with Crippen LogP contribution in [0.5, 0.6) is 0 Å². The fourth-order valence-corrected chi connectivity index (χ4v) is 1.68. The molecule has 3 rings (SSSR count). The van der Waals surface area contributed by atoms with Crippen molar-refractivity contribution in [2.75, 3.05) is 5.73 Å². The Labute approximate surface area is 122 Å². The number of nitrogen functional groups attached to an aromatic ring is 1. The van der Waals surface area contributed by atoms with Gasteiger partial charge in [-0.3, -0.25) is 4.79 Å². The van der Waals surface area contributed by atoms with Gasteiger partial charge in [0.15, 0.2) is 5.69 Å². The highest BCUT2D eigenvalue weighted by Gasteiger charge is 2.22. The lowest BCUT2D eigenvalue weighted by Crippen LogP contribution is -2.22. The summed E-state index contributed by atoms with van der Waals surface area (Å²) in [7, 11) is 0. The number of carbonyl (C=O) groups excluding carboxylic acids is 1. The van der Waals surface area contributed by atoms with Crippen LogP contribution in [-0.2, 0) is 0 Å². The molecule has 0 aliphatic heterocycles. The minimum atomic E-state index is -0.548. The molecule has 1 amide bonds. The van der Waals surface area contributed by atoms with E-state index in [0.29, 0.717) is 11.5 Å². The number of nitrogens with zero attached hydrogens (tertiary/aromatic N) is 6. The van der Waals surface area contributed by atoms with E-state index in [-0.39, 0.29) is 17.3 Å². The maximum atomic E-state index is 12.2. The number of nitrogens with one attached hydrogen (secondary N) is 1. The number of aromatic nitrogens is 5. The van der Waals surface area contributed by atoms with Crippen LogP contribution in [0.25, 0.3) is 5.82 Å². The third-order valence-corrected chi connectivity index (χ3v) is 2.65. The lowest BCUT2D eigenvalue weighted by molar-refractivity contribution is 0.0946. The van der Waals surface area contributed by atoms with Crippen molar-refractivity contribution >= 4 is 17.9 Å². The highest BCUT2D eigenvalue weighted by molar-refractivity contribution is 5.94. The fraction of sp³-hybridized carbons (Fsp3) is 0.0909. The molecule has 3 N–H and O–H groups in total. The van der Waals surface area contributed by atoms with Crippen LogP contribution in [0, 0.1) is 6.92 Å². The Balaban J connectivity index is 1.84. The van der Waals surface area contributed by atoms with E-state index in [1.807, 2.05) is 0 Å². The molecule has 11 heteroatoms. The number of amides is 1. The summed E-state index contributed by atoms with van der Waals surface area (Å²) in [6.45, 7) is 1.61. The minimum absolute atomic E-state index is 0.0157. The first-order valence-electron chi connectivity index (χ1n) is 6.04. The predicted octanol–water partition coefficient (Wildman–Crippen LogP) is -0.102. The number of rotatable bonds is 4. The molecule has 0 unspecified atom stereocenters. The number of carbonyl (C=O) groups is 1. The molecule has 3 heterocycles. The van der Waals surface area contributed by atoms with Gasteiger partial charge in [0.25, 0.3) is 5.91 Å². The topological polar surface area (TPSA) is 150 Å². The molecule has 0 atom stereocenters. The van der Waals surface area contributed by atoms with Crippen LogP contribution < -0.4 is 11.2 Å². The van der Waals surface area contributed by atoms with Gasteiger partial charge in [-0.05, 0) is 29.4 Å². The van der Waals surface area contributed by atoms with Crippen molar-refractivity contribution < 1.29 is 13.8 Å². The fourth-order valence-electron chi connectivity index (χ4n) is 1.68. The second-order valence-corrected chi connectivity index (χ2v) is 4.12. The molecule has 0 radical (unpaired) electrons. The van der Waals surface area contributed by atoms with Crippen LogP contribution in [0.1, 0.15) is 21.9 Å². The third-order valence-electron chi connectivity index (χ3n) is 2.65. The molecule has 112 valence electrons. The maximum absolute atomic E-state index is 12.2. The summed E-state index contributed by atoms with van der Waals surface area (Å²) >= 11 is 0. The molecule has 11 nitrogen and oxygen atoms in total. The van der Waals surface area contributed by atoms with E-state index in [2.05, 4.69) is 35.8 Å². The average Bonchev–Trinajstić information content (AvgIpc) is 3.20. The smallest absolute Gasteiger partial charge is 0.292 e. The van der Waals surface area contributed by atoms with Crippen LogP contribution in [0.4, 0.5) is 5.82 Å². The van der Waals surface area contributed by atoms with Gasteiger partial charge >= 0.3 is 0 Å². The zero-order valence-electron chi connectivity index (χ0n) is 11.3. The van der Waals surface area contributed by atoms with Crippen LogP contribution in [0.15, 0.2) is 32.5 Å².